The Hall–Kier alpha value is -1.81. The van der Waals surface area contributed by atoms with Gasteiger partial charge in [-0.2, -0.15) is 0 Å². The molecule has 0 aliphatic rings. The zero-order valence-electron chi connectivity index (χ0n) is 9.80. The van der Waals surface area contributed by atoms with E-state index in [0.29, 0.717) is 0 Å². The molecule has 0 atom stereocenters. The molecule has 0 radical (unpaired) electrons. The molecular formula is C14H11BrN2O. The van der Waals surface area contributed by atoms with E-state index in [1.165, 1.54) is 0 Å². The van der Waals surface area contributed by atoms with E-state index in [-0.39, 0.29) is 0 Å². The predicted octanol–water partition coefficient (Wildman–Crippen LogP) is 3.77. The third-order valence-corrected chi connectivity index (χ3v) is 3.47. The summed E-state index contributed by atoms with van der Waals surface area (Å²) in [4.78, 5) is 4.49. The summed E-state index contributed by atoms with van der Waals surface area (Å²) >= 11 is 3.55. The molecule has 3 aromatic rings. The molecule has 0 aliphatic heterocycles. The molecule has 2 aromatic heterocycles. The highest BCUT2D eigenvalue weighted by Gasteiger charge is 2.12. The monoisotopic (exact) mass is 302 g/mol. The molecule has 18 heavy (non-hydrogen) atoms. The van der Waals surface area contributed by atoms with Crippen LogP contribution in [0.3, 0.4) is 0 Å². The SMILES string of the molecule is COc1ccccc1-c1ncc2cccc(Br)n12. The molecule has 0 N–H and O–H groups in total. The third-order valence-electron chi connectivity index (χ3n) is 2.85. The van der Waals surface area contributed by atoms with Gasteiger partial charge < -0.3 is 4.74 Å². The van der Waals surface area contributed by atoms with Crippen molar-refractivity contribution in [1.82, 2.24) is 9.38 Å². The van der Waals surface area contributed by atoms with E-state index in [4.69, 9.17) is 4.74 Å². The van der Waals surface area contributed by atoms with Crippen LogP contribution in [0.4, 0.5) is 0 Å². The van der Waals surface area contributed by atoms with Crippen LogP contribution in [0.15, 0.2) is 53.3 Å². The van der Waals surface area contributed by atoms with Crippen molar-refractivity contribution in [3.8, 4) is 17.1 Å². The van der Waals surface area contributed by atoms with Gasteiger partial charge in [0.05, 0.1) is 29.0 Å². The Bertz CT molecular complexity index is 706. The number of imidazole rings is 1. The second-order valence-corrected chi connectivity index (χ2v) is 4.70. The largest absolute Gasteiger partial charge is 0.496 e. The number of rotatable bonds is 2. The van der Waals surface area contributed by atoms with Crippen LogP contribution in [0.5, 0.6) is 5.75 Å². The van der Waals surface area contributed by atoms with Crippen molar-refractivity contribution < 1.29 is 4.74 Å². The molecule has 0 fully saturated rings. The van der Waals surface area contributed by atoms with Crippen molar-refractivity contribution in [2.45, 2.75) is 0 Å². The van der Waals surface area contributed by atoms with Gasteiger partial charge in [0.25, 0.3) is 0 Å². The van der Waals surface area contributed by atoms with Crippen molar-refractivity contribution in [2.24, 2.45) is 0 Å². The lowest BCUT2D eigenvalue weighted by Gasteiger charge is -2.08. The quantitative estimate of drug-likeness (QED) is 0.674. The number of aromatic nitrogens is 2. The Morgan fingerprint density at radius 3 is 2.78 bits per heavy atom. The van der Waals surface area contributed by atoms with Crippen LogP contribution in [0.25, 0.3) is 16.9 Å². The van der Waals surface area contributed by atoms with E-state index in [1.54, 1.807) is 7.11 Å². The standard InChI is InChI=1S/C14H11BrN2O/c1-18-12-7-3-2-6-11(12)14-16-9-10-5-4-8-13(15)17(10)14/h2-9H,1H3. The summed E-state index contributed by atoms with van der Waals surface area (Å²) in [5.74, 6) is 1.69. The fraction of sp³-hybridized carbons (Fsp3) is 0.0714. The molecule has 3 nitrogen and oxygen atoms in total. The minimum absolute atomic E-state index is 0.820. The van der Waals surface area contributed by atoms with Crippen molar-refractivity contribution in [2.75, 3.05) is 7.11 Å². The number of fused-ring (bicyclic) bond motifs is 1. The van der Waals surface area contributed by atoms with Gasteiger partial charge in [-0.25, -0.2) is 4.98 Å². The number of benzene rings is 1. The molecule has 90 valence electrons. The lowest BCUT2D eigenvalue weighted by Crippen LogP contribution is -1.94. The van der Waals surface area contributed by atoms with Crippen LogP contribution in [0.1, 0.15) is 0 Å². The molecule has 4 heteroatoms. The van der Waals surface area contributed by atoms with Gasteiger partial charge in [0.1, 0.15) is 11.6 Å². The van der Waals surface area contributed by atoms with E-state index >= 15 is 0 Å². The van der Waals surface area contributed by atoms with Crippen molar-refractivity contribution >= 4 is 21.4 Å². The molecule has 0 unspecified atom stereocenters. The summed E-state index contributed by atoms with van der Waals surface area (Å²) in [6, 6.07) is 13.9. The first-order valence-corrected chi connectivity index (χ1v) is 6.36. The van der Waals surface area contributed by atoms with Crippen LogP contribution < -0.4 is 4.74 Å². The molecule has 2 heterocycles. The van der Waals surface area contributed by atoms with Crippen LogP contribution in [-0.2, 0) is 0 Å². The number of halogens is 1. The molecular weight excluding hydrogens is 292 g/mol. The normalized spacial score (nSPS) is 10.8. The van der Waals surface area contributed by atoms with Crippen LogP contribution >= 0.6 is 15.9 Å². The van der Waals surface area contributed by atoms with Gasteiger partial charge in [-0.3, -0.25) is 4.40 Å². The molecule has 0 spiro atoms. The summed E-state index contributed by atoms with van der Waals surface area (Å²) in [6.07, 6.45) is 1.85. The van der Waals surface area contributed by atoms with Crippen molar-refractivity contribution in [3.05, 3.63) is 53.3 Å². The Morgan fingerprint density at radius 2 is 1.94 bits per heavy atom. The van der Waals surface area contributed by atoms with E-state index in [9.17, 15) is 0 Å². The number of hydrogen-bond acceptors (Lipinski definition) is 2. The van der Waals surface area contributed by atoms with Gasteiger partial charge in [-0.15, -0.1) is 0 Å². The lowest BCUT2D eigenvalue weighted by molar-refractivity contribution is 0.416. The van der Waals surface area contributed by atoms with E-state index in [2.05, 4.69) is 25.3 Å². The number of pyridine rings is 1. The maximum atomic E-state index is 5.39. The number of methoxy groups -OCH3 is 1. The highest BCUT2D eigenvalue weighted by molar-refractivity contribution is 9.10. The molecule has 0 saturated heterocycles. The average Bonchev–Trinajstić information content (AvgIpc) is 2.84. The maximum Gasteiger partial charge on any atom is 0.149 e. The van der Waals surface area contributed by atoms with Crippen LogP contribution in [0, 0.1) is 0 Å². The third kappa shape index (κ3) is 1.69. The maximum absolute atomic E-state index is 5.39. The summed E-state index contributed by atoms with van der Waals surface area (Å²) < 4.78 is 8.41. The van der Waals surface area contributed by atoms with E-state index < -0.39 is 0 Å². The van der Waals surface area contributed by atoms with E-state index in [0.717, 1.165) is 27.3 Å². The van der Waals surface area contributed by atoms with Gasteiger partial charge in [-0.05, 0) is 40.2 Å². The Kier molecular flexibility index (Phi) is 2.80. The summed E-state index contributed by atoms with van der Waals surface area (Å²) in [6.45, 7) is 0. The minimum atomic E-state index is 0.820. The minimum Gasteiger partial charge on any atom is -0.496 e. The number of nitrogens with zero attached hydrogens (tertiary/aromatic N) is 2. The average molecular weight is 303 g/mol. The first-order valence-electron chi connectivity index (χ1n) is 5.56. The molecule has 0 amide bonds. The van der Waals surface area contributed by atoms with Gasteiger partial charge >= 0.3 is 0 Å². The zero-order chi connectivity index (χ0) is 12.5. The second kappa shape index (κ2) is 4.46. The van der Waals surface area contributed by atoms with Gasteiger partial charge in [-0.1, -0.05) is 18.2 Å². The highest BCUT2D eigenvalue weighted by atomic mass is 79.9. The fourth-order valence-corrected chi connectivity index (χ4v) is 2.55. The highest BCUT2D eigenvalue weighted by Crippen LogP contribution is 2.30. The Balaban J connectivity index is 2.32. The molecule has 0 saturated carbocycles. The summed E-state index contributed by atoms with van der Waals surface area (Å²) in [5, 5.41) is 0. The van der Waals surface area contributed by atoms with Crippen LogP contribution in [0.2, 0.25) is 0 Å². The smallest absolute Gasteiger partial charge is 0.149 e. The zero-order valence-corrected chi connectivity index (χ0v) is 11.4. The van der Waals surface area contributed by atoms with Crippen LogP contribution in [-0.4, -0.2) is 16.5 Å². The fourth-order valence-electron chi connectivity index (χ4n) is 2.03. The first kappa shape index (κ1) is 11.3. The number of para-hydroxylation sites is 1. The summed E-state index contributed by atoms with van der Waals surface area (Å²) in [7, 11) is 1.67. The van der Waals surface area contributed by atoms with Crippen molar-refractivity contribution in [3.63, 3.8) is 0 Å². The topological polar surface area (TPSA) is 26.5 Å². The Labute approximate surface area is 113 Å². The lowest BCUT2D eigenvalue weighted by atomic mass is 10.2. The summed E-state index contributed by atoms with van der Waals surface area (Å²) in [5.41, 5.74) is 2.03. The molecule has 0 aliphatic carbocycles. The number of hydrogen-bond donors (Lipinski definition) is 0. The Morgan fingerprint density at radius 1 is 1.11 bits per heavy atom. The molecule has 3 rings (SSSR count). The van der Waals surface area contributed by atoms with Gasteiger partial charge in [0.15, 0.2) is 0 Å². The predicted molar refractivity (Wildman–Crippen MR) is 74.9 cm³/mol. The van der Waals surface area contributed by atoms with Crippen molar-refractivity contribution in [1.29, 1.82) is 0 Å². The molecule has 0 bridgehead atoms. The van der Waals surface area contributed by atoms with E-state index in [1.807, 2.05) is 48.7 Å². The van der Waals surface area contributed by atoms with Gasteiger partial charge in [0, 0.05) is 0 Å². The first-order chi connectivity index (χ1) is 8.81. The number of ether oxygens (including phenoxy) is 1. The van der Waals surface area contributed by atoms with Gasteiger partial charge in [0.2, 0.25) is 0 Å². The molecule has 1 aromatic carbocycles. The second-order valence-electron chi connectivity index (χ2n) is 3.89.